The van der Waals surface area contributed by atoms with E-state index in [0.29, 0.717) is 18.8 Å². The standard InChI is InChI=1S/C26H40O5/c1-15(29)22-16(13-27)25(5)19(11-17(22)30)24(4)10-7-18-23(2,3)8-6-9-26(18,14-28)20(24)12-21(25)31/h13,16-20,22,28,30H,6-12,14H2,1-5H3. The van der Waals surface area contributed by atoms with Crippen LogP contribution in [0.3, 0.4) is 0 Å². The summed E-state index contributed by atoms with van der Waals surface area (Å²) in [4.78, 5) is 38.5. The Morgan fingerprint density at radius 2 is 1.77 bits per heavy atom. The van der Waals surface area contributed by atoms with E-state index in [1.807, 2.05) is 6.92 Å². The molecule has 0 bridgehead atoms. The first kappa shape index (κ1) is 23.1. The molecule has 174 valence electrons. The van der Waals surface area contributed by atoms with E-state index in [9.17, 15) is 24.6 Å². The Hall–Kier alpha value is -1.07. The van der Waals surface area contributed by atoms with Crippen molar-refractivity contribution in [1.29, 1.82) is 0 Å². The number of Topliss-reactive ketones (excluding diaryl/α,β-unsaturated/α-hetero) is 2. The molecule has 4 aliphatic carbocycles. The Bertz CT molecular complexity index is 789. The summed E-state index contributed by atoms with van der Waals surface area (Å²) in [6.07, 6.45) is 5.66. The molecule has 4 rings (SSSR count). The van der Waals surface area contributed by atoms with Crippen molar-refractivity contribution in [2.24, 2.45) is 51.2 Å². The van der Waals surface area contributed by atoms with Crippen LogP contribution < -0.4 is 0 Å². The number of carbonyl (C=O) groups excluding carboxylic acids is 3. The SMILES string of the molecule is CC(=O)C1C(O)CC2C3(C)CCC4C(C)(C)CCCC4(CO)C3CC(=O)C2(C)C1C=O. The van der Waals surface area contributed by atoms with E-state index >= 15 is 0 Å². The second kappa shape index (κ2) is 7.21. The Kier molecular flexibility index (Phi) is 5.38. The summed E-state index contributed by atoms with van der Waals surface area (Å²) in [5, 5.41) is 21.8. The van der Waals surface area contributed by atoms with Crippen LogP contribution in [0.5, 0.6) is 0 Å². The van der Waals surface area contributed by atoms with E-state index in [-0.39, 0.29) is 46.3 Å². The maximum atomic E-state index is 13.9. The van der Waals surface area contributed by atoms with Crippen LogP contribution in [0.2, 0.25) is 0 Å². The van der Waals surface area contributed by atoms with Crippen LogP contribution in [0.15, 0.2) is 0 Å². The summed E-state index contributed by atoms with van der Waals surface area (Å²) >= 11 is 0. The molecule has 31 heavy (non-hydrogen) atoms. The van der Waals surface area contributed by atoms with Crippen molar-refractivity contribution < 1.29 is 24.6 Å². The highest BCUT2D eigenvalue weighted by molar-refractivity contribution is 5.92. The van der Waals surface area contributed by atoms with Crippen LogP contribution in [0.25, 0.3) is 0 Å². The molecule has 0 aromatic heterocycles. The first-order valence-corrected chi connectivity index (χ1v) is 12.2. The Morgan fingerprint density at radius 3 is 2.35 bits per heavy atom. The van der Waals surface area contributed by atoms with Crippen molar-refractivity contribution in [3.63, 3.8) is 0 Å². The Labute approximate surface area is 186 Å². The zero-order chi connectivity index (χ0) is 23.0. The molecule has 0 aromatic rings. The third-order valence-electron chi connectivity index (χ3n) is 11.0. The predicted molar refractivity (Wildman–Crippen MR) is 117 cm³/mol. The lowest BCUT2D eigenvalue weighted by molar-refractivity contribution is -0.230. The fourth-order valence-corrected chi connectivity index (χ4v) is 9.50. The first-order valence-electron chi connectivity index (χ1n) is 12.2. The van der Waals surface area contributed by atoms with Gasteiger partial charge in [0.15, 0.2) is 0 Å². The molecule has 4 saturated carbocycles. The van der Waals surface area contributed by atoms with Crippen LogP contribution in [0, 0.1) is 51.2 Å². The van der Waals surface area contributed by atoms with Crippen LogP contribution >= 0.6 is 0 Å². The number of hydrogen-bond acceptors (Lipinski definition) is 5. The van der Waals surface area contributed by atoms with Crippen molar-refractivity contribution in [1.82, 2.24) is 0 Å². The highest BCUT2D eigenvalue weighted by atomic mass is 16.3. The fourth-order valence-electron chi connectivity index (χ4n) is 9.50. The second-order valence-corrected chi connectivity index (χ2v) is 12.4. The van der Waals surface area contributed by atoms with Gasteiger partial charge >= 0.3 is 0 Å². The fraction of sp³-hybridized carbons (Fsp3) is 0.885. The van der Waals surface area contributed by atoms with Gasteiger partial charge in [0.1, 0.15) is 17.9 Å². The second-order valence-electron chi connectivity index (χ2n) is 12.4. The quantitative estimate of drug-likeness (QED) is 0.665. The third-order valence-corrected chi connectivity index (χ3v) is 11.0. The van der Waals surface area contributed by atoms with Crippen molar-refractivity contribution >= 4 is 17.9 Å². The van der Waals surface area contributed by atoms with E-state index < -0.39 is 23.4 Å². The normalized spacial score (nSPS) is 51.3. The van der Waals surface area contributed by atoms with E-state index in [4.69, 9.17) is 0 Å². The van der Waals surface area contributed by atoms with Crippen molar-refractivity contribution in [3.05, 3.63) is 0 Å². The number of aliphatic hydroxyl groups excluding tert-OH is 2. The molecule has 0 radical (unpaired) electrons. The van der Waals surface area contributed by atoms with Gasteiger partial charge in [0, 0.05) is 29.8 Å². The summed E-state index contributed by atoms with van der Waals surface area (Å²) in [5.41, 5.74) is -1.34. The Balaban J connectivity index is 1.83. The number of fused-ring (bicyclic) bond motifs is 5. The number of hydrogen-bond donors (Lipinski definition) is 2. The number of aliphatic hydroxyl groups is 2. The molecular weight excluding hydrogens is 392 g/mol. The monoisotopic (exact) mass is 432 g/mol. The lowest BCUT2D eigenvalue weighted by atomic mass is 9.34. The van der Waals surface area contributed by atoms with Gasteiger partial charge in [0.25, 0.3) is 0 Å². The number of rotatable bonds is 3. The predicted octanol–water partition coefficient (Wildman–Crippen LogP) is 3.59. The summed E-state index contributed by atoms with van der Waals surface area (Å²) in [7, 11) is 0. The number of aldehydes is 1. The molecular formula is C26H40O5. The third kappa shape index (κ3) is 2.84. The van der Waals surface area contributed by atoms with Crippen LogP contribution in [0.4, 0.5) is 0 Å². The van der Waals surface area contributed by atoms with Crippen molar-refractivity contribution in [3.8, 4) is 0 Å². The maximum absolute atomic E-state index is 13.9. The van der Waals surface area contributed by atoms with E-state index in [1.54, 1.807) is 0 Å². The largest absolute Gasteiger partial charge is 0.396 e. The van der Waals surface area contributed by atoms with Gasteiger partial charge in [-0.3, -0.25) is 9.59 Å². The van der Waals surface area contributed by atoms with Gasteiger partial charge in [-0.15, -0.1) is 0 Å². The highest BCUT2D eigenvalue weighted by Gasteiger charge is 2.71. The molecule has 0 aliphatic heterocycles. The zero-order valence-electron chi connectivity index (χ0n) is 19.8. The van der Waals surface area contributed by atoms with Crippen molar-refractivity contribution in [2.45, 2.75) is 85.7 Å². The minimum atomic E-state index is -0.934. The highest BCUT2D eigenvalue weighted by Crippen LogP contribution is 2.72. The smallest absolute Gasteiger partial charge is 0.140 e. The summed E-state index contributed by atoms with van der Waals surface area (Å²) in [6, 6.07) is 0. The van der Waals surface area contributed by atoms with Gasteiger partial charge in [0.2, 0.25) is 0 Å². The average Bonchev–Trinajstić information content (AvgIpc) is 2.69. The van der Waals surface area contributed by atoms with Crippen molar-refractivity contribution in [2.75, 3.05) is 6.61 Å². The molecule has 2 N–H and O–H groups in total. The van der Waals surface area contributed by atoms with Gasteiger partial charge in [-0.25, -0.2) is 0 Å². The molecule has 0 aromatic carbocycles. The minimum absolute atomic E-state index is 0.0438. The molecule has 0 amide bonds. The number of ketones is 2. The van der Waals surface area contributed by atoms with Gasteiger partial charge in [-0.2, -0.15) is 0 Å². The molecule has 0 spiro atoms. The van der Waals surface area contributed by atoms with Crippen LogP contribution in [0.1, 0.15) is 79.6 Å². The minimum Gasteiger partial charge on any atom is -0.396 e. The molecule has 9 atom stereocenters. The van der Waals surface area contributed by atoms with E-state index in [0.717, 1.165) is 38.4 Å². The molecule has 0 heterocycles. The van der Waals surface area contributed by atoms with Gasteiger partial charge in [-0.05, 0) is 67.6 Å². The molecule has 0 saturated heterocycles. The van der Waals surface area contributed by atoms with Gasteiger partial charge < -0.3 is 15.0 Å². The average molecular weight is 433 g/mol. The topological polar surface area (TPSA) is 91.7 Å². The summed E-state index contributed by atoms with van der Waals surface area (Å²) in [6.45, 7) is 10.2. The summed E-state index contributed by atoms with van der Waals surface area (Å²) < 4.78 is 0. The Morgan fingerprint density at radius 1 is 1.10 bits per heavy atom. The first-order chi connectivity index (χ1) is 14.4. The zero-order valence-corrected chi connectivity index (χ0v) is 19.8. The van der Waals surface area contributed by atoms with E-state index in [1.165, 1.54) is 6.92 Å². The number of carbonyl (C=O) groups is 3. The lowest BCUT2D eigenvalue weighted by Gasteiger charge is -2.70. The van der Waals surface area contributed by atoms with Gasteiger partial charge in [0.05, 0.1) is 12.0 Å². The van der Waals surface area contributed by atoms with E-state index in [2.05, 4.69) is 20.8 Å². The van der Waals surface area contributed by atoms with Gasteiger partial charge in [-0.1, -0.05) is 34.1 Å². The maximum Gasteiger partial charge on any atom is 0.140 e. The molecule has 4 aliphatic rings. The van der Waals surface area contributed by atoms with Crippen LogP contribution in [-0.2, 0) is 14.4 Å². The molecule has 9 unspecified atom stereocenters. The molecule has 5 nitrogen and oxygen atoms in total. The van der Waals surface area contributed by atoms with Crippen LogP contribution in [-0.4, -0.2) is 40.8 Å². The lowest BCUT2D eigenvalue weighted by Crippen LogP contribution is -2.69. The molecule has 5 heteroatoms. The molecule has 4 fully saturated rings. The summed E-state index contributed by atoms with van der Waals surface area (Å²) in [5.74, 6) is -1.51.